The Balaban J connectivity index is 1.65. The van der Waals surface area contributed by atoms with Crippen LogP contribution in [0, 0.1) is 0 Å². The summed E-state index contributed by atoms with van der Waals surface area (Å²) in [6, 6.07) is 21.5. The molecule has 5 nitrogen and oxygen atoms in total. The second kappa shape index (κ2) is 8.59. The zero-order valence-electron chi connectivity index (χ0n) is 16.5. The van der Waals surface area contributed by atoms with Crippen LogP contribution in [0.3, 0.4) is 0 Å². The molecule has 1 aliphatic rings. The zero-order valence-corrected chi connectivity index (χ0v) is 17.2. The van der Waals surface area contributed by atoms with E-state index in [9.17, 15) is 9.59 Å². The molecular weight excluding hydrogens is 400 g/mol. The number of hydrogen-bond donors (Lipinski definition) is 1. The second-order valence-corrected chi connectivity index (χ2v) is 7.57. The number of halogens is 1. The minimum Gasteiger partial charge on any atom is -0.495 e. The molecule has 0 radical (unpaired) electrons. The van der Waals surface area contributed by atoms with E-state index in [2.05, 4.69) is 5.32 Å². The fourth-order valence-corrected chi connectivity index (χ4v) is 3.88. The molecule has 0 spiro atoms. The molecule has 6 heteroatoms. The topological polar surface area (TPSA) is 58.6 Å². The van der Waals surface area contributed by atoms with E-state index in [1.807, 2.05) is 48.5 Å². The highest BCUT2D eigenvalue weighted by Gasteiger charge is 2.36. The van der Waals surface area contributed by atoms with Crippen LogP contribution in [0.5, 0.6) is 5.75 Å². The SMILES string of the molecule is COc1ccc(Cl)cc1NC(=O)C(Cc1ccccc1)N1Cc2ccccc2C1=O. The summed E-state index contributed by atoms with van der Waals surface area (Å²) in [4.78, 5) is 28.1. The molecule has 0 bridgehead atoms. The van der Waals surface area contributed by atoms with Crippen molar-refractivity contribution in [3.63, 3.8) is 0 Å². The third-order valence-corrected chi connectivity index (χ3v) is 5.45. The minimum absolute atomic E-state index is 0.139. The van der Waals surface area contributed by atoms with Crippen LogP contribution in [0.25, 0.3) is 0 Å². The lowest BCUT2D eigenvalue weighted by Crippen LogP contribution is -2.45. The molecule has 0 aliphatic carbocycles. The molecule has 3 aromatic carbocycles. The molecule has 1 aliphatic heterocycles. The highest BCUT2D eigenvalue weighted by atomic mass is 35.5. The number of carbonyl (C=O) groups is 2. The molecule has 1 atom stereocenters. The van der Waals surface area contributed by atoms with Gasteiger partial charge in [-0.05, 0) is 35.4 Å². The van der Waals surface area contributed by atoms with Crippen LogP contribution in [0.4, 0.5) is 5.69 Å². The van der Waals surface area contributed by atoms with Gasteiger partial charge in [0.25, 0.3) is 5.91 Å². The first-order valence-electron chi connectivity index (χ1n) is 9.64. The molecule has 30 heavy (non-hydrogen) atoms. The molecule has 1 heterocycles. The summed E-state index contributed by atoms with van der Waals surface area (Å²) in [5, 5.41) is 3.39. The fourth-order valence-electron chi connectivity index (χ4n) is 3.70. The molecule has 4 rings (SSSR count). The molecule has 0 saturated heterocycles. The Labute approximate surface area is 180 Å². The quantitative estimate of drug-likeness (QED) is 0.636. The summed E-state index contributed by atoms with van der Waals surface area (Å²) in [5.41, 5.74) is 3.01. The van der Waals surface area contributed by atoms with Gasteiger partial charge in [-0.15, -0.1) is 0 Å². The summed E-state index contributed by atoms with van der Waals surface area (Å²) in [5.74, 6) is 0.0718. The van der Waals surface area contributed by atoms with Crippen molar-refractivity contribution in [2.45, 2.75) is 19.0 Å². The number of ether oxygens (including phenoxy) is 1. The van der Waals surface area contributed by atoms with Crippen LogP contribution in [-0.2, 0) is 17.8 Å². The molecule has 1 N–H and O–H groups in total. The van der Waals surface area contributed by atoms with Gasteiger partial charge in [0.2, 0.25) is 5.91 Å². The Hall–Kier alpha value is -3.31. The summed E-state index contributed by atoms with van der Waals surface area (Å²) in [7, 11) is 1.53. The van der Waals surface area contributed by atoms with Gasteiger partial charge in [0.1, 0.15) is 11.8 Å². The maximum atomic E-state index is 13.4. The average molecular weight is 421 g/mol. The lowest BCUT2D eigenvalue weighted by Gasteiger charge is -2.27. The Morgan fingerprint density at radius 2 is 1.83 bits per heavy atom. The van der Waals surface area contributed by atoms with E-state index in [0.29, 0.717) is 35.0 Å². The number of nitrogens with one attached hydrogen (secondary N) is 1. The highest BCUT2D eigenvalue weighted by Crippen LogP contribution is 2.30. The molecule has 0 saturated carbocycles. The number of fused-ring (bicyclic) bond motifs is 1. The Bertz CT molecular complexity index is 1080. The number of hydrogen-bond acceptors (Lipinski definition) is 3. The van der Waals surface area contributed by atoms with Gasteiger partial charge in [-0.25, -0.2) is 0 Å². The Morgan fingerprint density at radius 3 is 2.57 bits per heavy atom. The van der Waals surface area contributed by atoms with E-state index >= 15 is 0 Å². The van der Waals surface area contributed by atoms with Gasteiger partial charge in [-0.3, -0.25) is 9.59 Å². The number of nitrogens with zero attached hydrogens (tertiary/aromatic N) is 1. The van der Waals surface area contributed by atoms with Crippen molar-refractivity contribution in [1.82, 2.24) is 4.90 Å². The molecule has 0 fully saturated rings. The van der Waals surface area contributed by atoms with Crippen LogP contribution in [0.1, 0.15) is 21.5 Å². The second-order valence-electron chi connectivity index (χ2n) is 7.13. The Kier molecular flexibility index (Phi) is 5.72. The number of methoxy groups -OCH3 is 1. The molecule has 152 valence electrons. The van der Waals surface area contributed by atoms with E-state index < -0.39 is 6.04 Å². The van der Waals surface area contributed by atoms with Crippen molar-refractivity contribution < 1.29 is 14.3 Å². The van der Waals surface area contributed by atoms with Gasteiger partial charge in [-0.2, -0.15) is 0 Å². The van der Waals surface area contributed by atoms with E-state index in [-0.39, 0.29) is 11.8 Å². The van der Waals surface area contributed by atoms with E-state index in [1.165, 1.54) is 7.11 Å². The number of benzene rings is 3. The number of anilines is 1. The van der Waals surface area contributed by atoms with Gasteiger partial charge in [0.15, 0.2) is 0 Å². The first-order valence-corrected chi connectivity index (χ1v) is 10.0. The number of rotatable bonds is 6. The summed E-state index contributed by atoms with van der Waals surface area (Å²) < 4.78 is 5.34. The molecule has 3 aromatic rings. The van der Waals surface area contributed by atoms with Crippen molar-refractivity contribution >= 4 is 29.1 Å². The maximum Gasteiger partial charge on any atom is 0.255 e. The first-order chi connectivity index (χ1) is 14.6. The lowest BCUT2D eigenvalue weighted by atomic mass is 10.0. The average Bonchev–Trinajstić information content (AvgIpc) is 3.09. The van der Waals surface area contributed by atoms with Gasteiger partial charge in [0.05, 0.1) is 12.8 Å². The van der Waals surface area contributed by atoms with Crippen molar-refractivity contribution in [2.75, 3.05) is 12.4 Å². The maximum absolute atomic E-state index is 13.4. The monoisotopic (exact) mass is 420 g/mol. The Morgan fingerprint density at radius 1 is 1.10 bits per heavy atom. The van der Waals surface area contributed by atoms with Crippen LogP contribution in [0.15, 0.2) is 72.8 Å². The number of amides is 2. The lowest BCUT2D eigenvalue weighted by molar-refractivity contribution is -0.120. The zero-order chi connectivity index (χ0) is 21.1. The predicted octanol–water partition coefficient (Wildman–Crippen LogP) is 4.55. The molecular formula is C24H21ClN2O3. The summed E-state index contributed by atoms with van der Waals surface area (Å²) >= 11 is 6.11. The normalized spacial score (nSPS) is 13.7. The smallest absolute Gasteiger partial charge is 0.255 e. The third kappa shape index (κ3) is 4.02. The molecule has 0 aromatic heterocycles. The van der Waals surface area contributed by atoms with Crippen molar-refractivity contribution in [3.05, 3.63) is 94.5 Å². The minimum atomic E-state index is -0.684. The van der Waals surface area contributed by atoms with E-state index in [0.717, 1.165) is 11.1 Å². The van der Waals surface area contributed by atoms with Gasteiger partial charge in [0, 0.05) is 23.6 Å². The van der Waals surface area contributed by atoms with Crippen LogP contribution in [-0.4, -0.2) is 29.9 Å². The molecule has 1 unspecified atom stereocenters. The summed E-state index contributed by atoms with van der Waals surface area (Å²) in [6.07, 6.45) is 0.398. The first kappa shape index (κ1) is 20.0. The van der Waals surface area contributed by atoms with Crippen molar-refractivity contribution in [3.8, 4) is 5.75 Å². The van der Waals surface area contributed by atoms with E-state index in [4.69, 9.17) is 16.3 Å². The largest absolute Gasteiger partial charge is 0.495 e. The molecule has 2 amide bonds. The van der Waals surface area contributed by atoms with Crippen molar-refractivity contribution in [2.24, 2.45) is 0 Å². The van der Waals surface area contributed by atoms with Crippen LogP contribution < -0.4 is 10.1 Å². The fraction of sp³-hybridized carbons (Fsp3) is 0.167. The van der Waals surface area contributed by atoms with Gasteiger partial charge < -0.3 is 15.0 Å². The predicted molar refractivity (Wildman–Crippen MR) is 117 cm³/mol. The highest BCUT2D eigenvalue weighted by molar-refractivity contribution is 6.31. The van der Waals surface area contributed by atoms with E-state index in [1.54, 1.807) is 29.2 Å². The summed E-state index contributed by atoms with van der Waals surface area (Å²) in [6.45, 7) is 0.395. The standard InChI is InChI=1S/C24H21ClN2O3/c1-30-22-12-11-18(25)14-20(22)26-23(28)21(13-16-7-3-2-4-8-16)27-15-17-9-5-6-10-19(17)24(27)29/h2-12,14,21H,13,15H2,1H3,(H,26,28). The number of carbonyl (C=O) groups excluding carboxylic acids is 2. The van der Waals surface area contributed by atoms with Gasteiger partial charge >= 0.3 is 0 Å². The van der Waals surface area contributed by atoms with Gasteiger partial charge in [-0.1, -0.05) is 60.1 Å². The third-order valence-electron chi connectivity index (χ3n) is 5.22. The van der Waals surface area contributed by atoms with Crippen LogP contribution >= 0.6 is 11.6 Å². The van der Waals surface area contributed by atoms with Crippen LogP contribution in [0.2, 0.25) is 5.02 Å². The van der Waals surface area contributed by atoms with Crippen molar-refractivity contribution in [1.29, 1.82) is 0 Å².